The smallest absolute Gasteiger partial charge is 0.221 e. The monoisotopic (exact) mass is 254 g/mol. The summed E-state index contributed by atoms with van der Waals surface area (Å²) in [5.41, 5.74) is 2.73. The van der Waals surface area contributed by atoms with Crippen LogP contribution in [0.4, 0.5) is 5.69 Å². The fraction of sp³-hybridized carbons (Fsp3) is 0.214. The molecule has 0 saturated carbocycles. The summed E-state index contributed by atoms with van der Waals surface area (Å²) in [6.45, 7) is 3.14. The summed E-state index contributed by atoms with van der Waals surface area (Å²) in [7, 11) is 0. The number of amidine groups is 1. The minimum atomic E-state index is -0.0689. The van der Waals surface area contributed by atoms with Crippen LogP contribution in [0.2, 0.25) is 0 Å². The zero-order valence-corrected chi connectivity index (χ0v) is 10.6. The Morgan fingerprint density at radius 2 is 2.05 bits per heavy atom. The Morgan fingerprint density at radius 3 is 2.79 bits per heavy atom. The van der Waals surface area contributed by atoms with Crippen LogP contribution >= 0.6 is 0 Å². The first-order valence-electron chi connectivity index (χ1n) is 6.19. The molecule has 5 nitrogen and oxygen atoms in total. The highest BCUT2D eigenvalue weighted by atomic mass is 16.1. The number of anilines is 1. The van der Waals surface area contributed by atoms with Gasteiger partial charge in [-0.1, -0.05) is 12.1 Å². The Morgan fingerprint density at radius 1 is 1.26 bits per heavy atom. The van der Waals surface area contributed by atoms with Gasteiger partial charge in [0.05, 0.1) is 18.8 Å². The summed E-state index contributed by atoms with van der Waals surface area (Å²) in [4.78, 5) is 15.3. The number of fused-ring (bicyclic) bond motifs is 1. The first-order chi connectivity index (χ1) is 9.22. The van der Waals surface area contributed by atoms with Crippen molar-refractivity contribution < 1.29 is 4.79 Å². The van der Waals surface area contributed by atoms with E-state index in [9.17, 15) is 4.79 Å². The molecule has 2 aliphatic heterocycles. The molecule has 96 valence electrons. The van der Waals surface area contributed by atoms with Gasteiger partial charge in [-0.3, -0.25) is 9.79 Å². The first-order valence-corrected chi connectivity index (χ1v) is 6.19. The first kappa shape index (κ1) is 11.6. The van der Waals surface area contributed by atoms with Gasteiger partial charge in [-0.2, -0.15) is 5.10 Å². The van der Waals surface area contributed by atoms with Crippen LogP contribution in [0.5, 0.6) is 0 Å². The van der Waals surface area contributed by atoms with Crippen molar-refractivity contribution in [3.8, 4) is 0 Å². The van der Waals surface area contributed by atoms with Crippen molar-refractivity contribution in [3.05, 3.63) is 42.0 Å². The molecule has 2 aliphatic rings. The van der Waals surface area contributed by atoms with E-state index in [1.165, 1.54) is 6.92 Å². The molecule has 0 radical (unpaired) electrons. The van der Waals surface area contributed by atoms with E-state index >= 15 is 0 Å². The molecule has 5 heteroatoms. The summed E-state index contributed by atoms with van der Waals surface area (Å²) < 4.78 is 0. The number of nitrogens with zero attached hydrogens (tertiary/aromatic N) is 3. The van der Waals surface area contributed by atoms with Crippen molar-refractivity contribution in [2.24, 2.45) is 10.1 Å². The standard InChI is InChI=1S/C14H14N4O/c1-10(19)16-12-4-2-11(3-5-12)13-6-7-14-15-8-9-18(14)17-13/h2-7H,8-9H2,1H3,(H,16,19). The van der Waals surface area contributed by atoms with Gasteiger partial charge in [0.1, 0.15) is 5.84 Å². The molecule has 3 rings (SSSR count). The molecule has 0 aromatic heterocycles. The average molecular weight is 254 g/mol. The molecule has 1 aromatic carbocycles. The molecule has 19 heavy (non-hydrogen) atoms. The van der Waals surface area contributed by atoms with Gasteiger partial charge < -0.3 is 5.32 Å². The van der Waals surface area contributed by atoms with Gasteiger partial charge in [0, 0.05) is 18.2 Å². The van der Waals surface area contributed by atoms with E-state index < -0.39 is 0 Å². The van der Waals surface area contributed by atoms with E-state index in [4.69, 9.17) is 0 Å². The number of allylic oxidation sites excluding steroid dienone is 1. The van der Waals surface area contributed by atoms with Gasteiger partial charge >= 0.3 is 0 Å². The molecule has 1 aromatic rings. The number of carbonyl (C=O) groups is 1. The van der Waals surface area contributed by atoms with Crippen LogP contribution in [0.25, 0.3) is 0 Å². The Hall–Kier alpha value is -2.43. The molecule has 0 saturated heterocycles. The second-order valence-corrected chi connectivity index (χ2v) is 4.44. The number of hydrogen-bond donors (Lipinski definition) is 1. The minimum absolute atomic E-state index is 0.0689. The topological polar surface area (TPSA) is 57.1 Å². The van der Waals surface area contributed by atoms with Gasteiger partial charge in [-0.25, -0.2) is 5.01 Å². The molecule has 0 bridgehead atoms. The number of rotatable bonds is 2. The molecule has 0 aliphatic carbocycles. The molecular formula is C14H14N4O. The number of benzene rings is 1. The van der Waals surface area contributed by atoms with Crippen LogP contribution < -0.4 is 5.32 Å². The van der Waals surface area contributed by atoms with E-state index in [1.807, 2.05) is 41.4 Å². The predicted molar refractivity (Wildman–Crippen MR) is 75.4 cm³/mol. The second kappa shape index (κ2) is 4.68. The molecule has 0 unspecified atom stereocenters. The number of amides is 1. The predicted octanol–water partition coefficient (Wildman–Crippen LogP) is 1.63. The summed E-state index contributed by atoms with van der Waals surface area (Å²) in [5.74, 6) is 0.860. The summed E-state index contributed by atoms with van der Waals surface area (Å²) in [5, 5.41) is 9.21. The Balaban J connectivity index is 1.81. The van der Waals surface area contributed by atoms with Crippen molar-refractivity contribution in [2.45, 2.75) is 6.92 Å². The molecular weight excluding hydrogens is 240 g/mol. The van der Waals surface area contributed by atoms with E-state index in [-0.39, 0.29) is 5.91 Å². The molecule has 0 atom stereocenters. The third-order valence-corrected chi connectivity index (χ3v) is 2.97. The highest BCUT2D eigenvalue weighted by Crippen LogP contribution is 2.15. The lowest BCUT2D eigenvalue weighted by Crippen LogP contribution is -2.25. The number of aliphatic imine (C=N–C) groups is 1. The van der Waals surface area contributed by atoms with Crippen molar-refractivity contribution in [2.75, 3.05) is 18.4 Å². The van der Waals surface area contributed by atoms with Crippen molar-refractivity contribution >= 4 is 23.1 Å². The average Bonchev–Trinajstić information content (AvgIpc) is 2.86. The van der Waals surface area contributed by atoms with E-state index in [1.54, 1.807) is 0 Å². The summed E-state index contributed by atoms with van der Waals surface area (Å²) in [6, 6.07) is 7.65. The maximum absolute atomic E-state index is 11.0. The molecule has 2 heterocycles. The molecule has 0 spiro atoms. The number of carbonyl (C=O) groups excluding carboxylic acids is 1. The third kappa shape index (κ3) is 2.40. The van der Waals surface area contributed by atoms with E-state index in [0.717, 1.165) is 35.9 Å². The highest BCUT2D eigenvalue weighted by molar-refractivity contribution is 6.14. The van der Waals surface area contributed by atoms with Crippen LogP contribution in [0, 0.1) is 0 Å². The molecule has 1 N–H and O–H groups in total. The van der Waals surface area contributed by atoms with Crippen LogP contribution in [0.1, 0.15) is 12.5 Å². The number of nitrogens with one attached hydrogen (secondary N) is 1. The highest BCUT2D eigenvalue weighted by Gasteiger charge is 2.18. The summed E-state index contributed by atoms with van der Waals surface area (Å²) in [6.07, 6.45) is 3.95. The molecule has 0 fully saturated rings. The van der Waals surface area contributed by atoms with Crippen molar-refractivity contribution in [1.29, 1.82) is 0 Å². The van der Waals surface area contributed by atoms with E-state index in [2.05, 4.69) is 15.4 Å². The largest absolute Gasteiger partial charge is 0.326 e. The number of hydrazone groups is 1. The SMILES string of the molecule is CC(=O)Nc1ccc(C2=NN3CCN=C3C=C2)cc1. The van der Waals surface area contributed by atoms with Gasteiger partial charge in [-0.05, 0) is 24.3 Å². The summed E-state index contributed by atoms with van der Waals surface area (Å²) >= 11 is 0. The zero-order valence-electron chi connectivity index (χ0n) is 10.6. The zero-order chi connectivity index (χ0) is 13.2. The van der Waals surface area contributed by atoms with Crippen LogP contribution in [-0.4, -0.2) is 35.6 Å². The Bertz CT molecular complexity index is 598. The van der Waals surface area contributed by atoms with Crippen LogP contribution in [0.15, 0.2) is 46.5 Å². The second-order valence-electron chi connectivity index (χ2n) is 4.44. The lowest BCUT2D eigenvalue weighted by molar-refractivity contribution is -0.114. The maximum Gasteiger partial charge on any atom is 0.221 e. The maximum atomic E-state index is 11.0. The van der Waals surface area contributed by atoms with Crippen molar-refractivity contribution in [1.82, 2.24) is 5.01 Å². The Labute approximate surface area is 111 Å². The minimum Gasteiger partial charge on any atom is -0.326 e. The number of hydrogen-bond acceptors (Lipinski definition) is 4. The van der Waals surface area contributed by atoms with E-state index in [0.29, 0.717) is 0 Å². The van der Waals surface area contributed by atoms with Crippen LogP contribution in [0.3, 0.4) is 0 Å². The fourth-order valence-corrected chi connectivity index (χ4v) is 2.09. The fourth-order valence-electron chi connectivity index (χ4n) is 2.09. The van der Waals surface area contributed by atoms with Gasteiger partial charge in [0.15, 0.2) is 0 Å². The van der Waals surface area contributed by atoms with Crippen LogP contribution in [-0.2, 0) is 4.79 Å². The molecule has 1 amide bonds. The van der Waals surface area contributed by atoms with Crippen molar-refractivity contribution in [3.63, 3.8) is 0 Å². The van der Waals surface area contributed by atoms with Gasteiger partial charge in [0.2, 0.25) is 5.91 Å². The Kier molecular flexibility index (Phi) is 2.87. The quantitative estimate of drug-likeness (QED) is 0.872. The lowest BCUT2D eigenvalue weighted by Gasteiger charge is -2.17. The third-order valence-electron chi connectivity index (χ3n) is 2.97. The van der Waals surface area contributed by atoms with Gasteiger partial charge in [0.25, 0.3) is 0 Å². The lowest BCUT2D eigenvalue weighted by atomic mass is 10.1. The van der Waals surface area contributed by atoms with Gasteiger partial charge in [-0.15, -0.1) is 0 Å². The normalized spacial score (nSPS) is 16.8.